The first-order valence-electron chi connectivity index (χ1n) is 6.44. The summed E-state index contributed by atoms with van der Waals surface area (Å²) in [6.45, 7) is 8.97. The summed E-state index contributed by atoms with van der Waals surface area (Å²) in [7, 11) is 1.91. The van der Waals surface area contributed by atoms with Crippen molar-refractivity contribution in [3.63, 3.8) is 0 Å². The second-order valence-corrected chi connectivity index (χ2v) is 4.98. The van der Waals surface area contributed by atoms with Crippen molar-refractivity contribution in [3.8, 4) is 0 Å². The molecule has 3 heteroatoms. The molecule has 3 nitrogen and oxygen atoms in total. The van der Waals surface area contributed by atoms with E-state index in [4.69, 9.17) is 5.73 Å². The molecule has 0 bridgehead atoms. The highest BCUT2D eigenvalue weighted by Crippen LogP contribution is 2.16. The molecule has 0 saturated carbocycles. The number of carbonyl (C=O) groups is 1. The first kappa shape index (κ1) is 15.4. The van der Waals surface area contributed by atoms with Gasteiger partial charge < -0.3 is 10.6 Å². The van der Waals surface area contributed by atoms with E-state index in [-0.39, 0.29) is 11.8 Å². The van der Waals surface area contributed by atoms with Gasteiger partial charge in [0.2, 0.25) is 5.91 Å². The number of amides is 1. The summed E-state index contributed by atoms with van der Waals surface area (Å²) < 4.78 is 0. The van der Waals surface area contributed by atoms with E-state index in [1.54, 1.807) is 0 Å². The molecular formula is C13H28N2O. The number of nitrogens with zero attached hydrogens (tertiary/aromatic N) is 1. The summed E-state index contributed by atoms with van der Waals surface area (Å²) in [6.07, 6.45) is 2.91. The summed E-state index contributed by atoms with van der Waals surface area (Å²) in [5.74, 6) is 0.725. The Labute approximate surface area is 100 Å². The van der Waals surface area contributed by atoms with Crippen LogP contribution in [0.2, 0.25) is 0 Å². The minimum Gasteiger partial charge on any atom is -0.343 e. The molecule has 0 aromatic heterocycles. The smallest absolute Gasteiger partial charge is 0.226 e. The third kappa shape index (κ3) is 4.52. The first-order chi connectivity index (χ1) is 7.47. The van der Waals surface area contributed by atoms with Crippen molar-refractivity contribution in [3.05, 3.63) is 0 Å². The number of nitrogens with two attached hydrogens (primary N) is 1. The molecule has 0 fully saturated rings. The predicted octanol–water partition coefficient (Wildman–Crippen LogP) is 2.25. The second kappa shape index (κ2) is 7.66. The molecule has 0 aliphatic rings. The van der Waals surface area contributed by atoms with Crippen molar-refractivity contribution in [1.82, 2.24) is 4.90 Å². The van der Waals surface area contributed by atoms with Gasteiger partial charge in [-0.15, -0.1) is 0 Å². The zero-order chi connectivity index (χ0) is 12.7. The lowest BCUT2D eigenvalue weighted by molar-refractivity contribution is -0.136. The molecule has 0 spiro atoms. The molecular weight excluding hydrogens is 200 g/mol. The highest BCUT2D eigenvalue weighted by atomic mass is 16.2. The maximum Gasteiger partial charge on any atom is 0.226 e. The third-order valence-electron chi connectivity index (χ3n) is 3.23. The maximum absolute atomic E-state index is 12.2. The Kier molecular flexibility index (Phi) is 7.39. The first-order valence-corrected chi connectivity index (χ1v) is 6.44. The molecule has 1 unspecified atom stereocenters. The number of rotatable bonds is 7. The van der Waals surface area contributed by atoms with E-state index < -0.39 is 0 Å². The summed E-state index contributed by atoms with van der Waals surface area (Å²) >= 11 is 0. The van der Waals surface area contributed by atoms with Crippen molar-refractivity contribution in [2.45, 2.75) is 53.0 Å². The van der Waals surface area contributed by atoms with E-state index in [2.05, 4.69) is 27.7 Å². The zero-order valence-electron chi connectivity index (χ0n) is 11.5. The van der Waals surface area contributed by atoms with E-state index in [1.165, 1.54) is 0 Å². The lowest BCUT2D eigenvalue weighted by Crippen LogP contribution is -2.42. The molecule has 1 amide bonds. The van der Waals surface area contributed by atoms with Crippen LogP contribution in [0.25, 0.3) is 0 Å². The fourth-order valence-electron chi connectivity index (χ4n) is 2.17. The zero-order valence-corrected chi connectivity index (χ0v) is 11.5. The molecule has 0 heterocycles. The van der Waals surface area contributed by atoms with Crippen LogP contribution in [0.5, 0.6) is 0 Å². The quantitative estimate of drug-likeness (QED) is 0.726. The Hall–Kier alpha value is -0.570. The van der Waals surface area contributed by atoms with Gasteiger partial charge in [-0.3, -0.25) is 4.79 Å². The summed E-state index contributed by atoms with van der Waals surface area (Å²) in [6, 6.07) is 0.355. The molecule has 0 rings (SSSR count). The topological polar surface area (TPSA) is 46.3 Å². The SMILES string of the molecule is CCC(CC)N(C)C(=O)C(CN)CC(C)C. The molecule has 2 N–H and O–H groups in total. The van der Waals surface area contributed by atoms with E-state index in [0.717, 1.165) is 19.3 Å². The molecule has 0 aliphatic heterocycles. The molecule has 0 aromatic rings. The van der Waals surface area contributed by atoms with Crippen LogP contribution in [0.4, 0.5) is 0 Å². The molecule has 1 atom stereocenters. The fourth-order valence-corrected chi connectivity index (χ4v) is 2.17. The highest BCUT2D eigenvalue weighted by Gasteiger charge is 2.24. The van der Waals surface area contributed by atoms with Crippen LogP contribution >= 0.6 is 0 Å². The van der Waals surface area contributed by atoms with Crippen LogP contribution in [0.1, 0.15) is 47.0 Å². The molecule has 0 aromatic carbocycles. The van der Waals surface area contributed by atoms with Gasteiger partial charge in [-0.05, 0) is 25.2 Å². The Morgan fingerprint density at radius 1 is 1.25 bits per heavy atom. The number of carbonyl (C=O) groups excluding carboxylic acids is 1. The third-order valence-corrected chi connectivity index (χ3v) is 3.23. The fraction of sp³-hybridized carbons (Fsp3) is 0.923. The van der Waals surface area contributed by atoms with Crippen LogP contribution in [0, 0.1) is 11.8 Å². The van der Waals surface area contributed by atoms with Crippen molar-refractivity contribution in [2.75, 3.05) is 13.6 Å². The monoisotopic (exact) mass is 228 g/mol. The Bertz CT molecular complexity index is 196. The van der Waals surface area contributed by atoms with Crippen LogP contribution < -0.4 is 5.73 Å². The van der Waals surface area contributed by atoms with Gasteiger partial charge in [0.15, 0.2) is 0 Å². The van der Waals surface area contributed by atoms with E-state index in [1.807, 2.05) is 11.9 Å². The summed E-state index contributed by atoms with van der Waals surface area (Å²) in [5.41, 5.74) is 5.70. The van der Waals surface area contributed by atoms with Gasteiger partial charge in [0.1, 0.15) is 0 Å². The van der Waals surface area contributed by atoms with Gasteiger partial charge in [-0.25, -0.2) is 0 Å². The Balaban J connectivity index is 4.48. The van der Waals surface area contributed by atoms with Crippen molar-refractivity contribution in [1.29, 1.82) is 0 Å². The Morgan fingerprint density at radius 2 is 1.75 bits per heavy atom. The van der Waals surface area contributed by atoms with E-state index in [0.29, 0.717) is 18.5 Å². The van der Waals surface area contributed by atoms with Crippen molar-refractivity contribution in [2.24, 2.45) is 17.6 Å². The maximum atomic E-state index is 12.2. The molecule has 16 heavy (non-hydrogen) atoms. The van der Waals surface area contributed by atoms with Gasteiger partial charge in [-0.1, -0.05) is 27.7 Å². The average molecular weight is 228 g/mol. The van der Waals surface area contributed by atoms with Crippen molar-refractivity contribution >= 4 is 5.91 Å². The van der Waals surface area contributed by atoms with Gasteiger partial charge in [-0.2, -0.15) is 0 Å². The lowest BCUT2D eigenvalue weighted by Gasteiger charge is -2.30. The summed E-state index contributed by atoms with van der Waals surface area (Å²) in [5, 5.41) is 0. The van der Waals surface area contributed by atoms with Gasteiger partial charge >= 0.3 is 0 Å². The Morgan fingerprint density at radius 3 is 2.06 bits per heavy atom. The average Bonchev–Trinajstić information content (AvgIpc) is 2.26. The van der Waals surface area contributed by atoms with Crippen LogP contribution in [0.15, 0.2) is 0 Å². The number of hydrogen-bond acceptors (Lipinski definition) is 2. The lowest BCUT2D eigenvalue weighted by atomic mass is 9.95. The summed E-state index contributed by atoms with van der Waals surface area (Å²) in [4.78, 5) is 14.1. The van der Waals surface area contributed by atoms with Gasteiger partial charge in [0.05, 0.1) is 5.92 Å². The second-order valence-electron chi connectivity index (χ2n) is 4.98. The minimum atomic E-state index is -0.00870. The predicted molar refractivity (Wildman–Crippen MR) is 69.1 cm³/mol. The standard InChI is InChI=1S/C13H28N2O/c1-6-12(7-2)15(5)13(16)11(9-14)8-10(3)4/h10-12H,6-9,14H2,1-5H3. The van der Waals surface area contributed by atoms with E-state index in [9.17, 15) is 4.79 Å². The normalized spacial score (nSPS) is 13.2. The van der Waals surface area contributed by atoms with Crippen LogP contribution in [0.3, 0.4) is 0 Å². The molecule has 0 aliphatic carbocycles. The van der Waals surface area contributed by atoms with Crippen LogP contribution in [-0.2, 0) is 4.79 Å². The van der Waals surface area contributed by atoms with Crippen molar-refractivity contribution < 1.29 is 4.79 Å². The number of hydrogen-bond donors (Lipinski definition) is 1. The van der Waals surface area contributed by atoms with E-state index >= 15 is 0 Å². The minimum absolute atomic E-state index is 0.00870. The molecule has 0 saturated heterocycles. The van der Waals surface area contributed by atoms with Gasteiger partial charge in [0.25, 0.3) is 0 Å². The molecule has 96 valence electrons. The largest absolute Gasteiger partial charge is 0.343 e. The van der Waals surface area contributed by atoms with Gasteiger partial charge in [0, 0.05) is 19.6 Å². The molecule has 0 radical (unpaired) electrons. The highest BCUT2D eigenvalue weighted by molar-refractivity contribution is 5.79. The van der Waals surface area contributed by atoms with Crippen LogP contribution in [-0.4, -0.2) is 30.4 Å².